The Hall–Kier alpha value is -2.76. The fraction of sp³-hybridized carbons (Fsp3) is 0.133. The fourth-order valence-electron chi connectivity index (χ4n) is 1.84. The van der Waals surface area contributed by atoms with Crippen LogP contribution in [0, 0.1) is 5.82 Å². The van der Waals surface area contributed by atoms with E-state index < -0.39 is 23.7 Å². The van der Waals surface area contributed by atoms with Gasteiger partial charge in [0.15, 0.2) is 0 Å². The highest BCUT2D eigenvalue weighted by Gasteiger charge is 2.21. The summed E-state index contributed by atoms with van der Waals surface area (Å²) in [4.78, 5) is 27.0. The van der Waals surface area contributed by atoms with Gasteiger partial charge in [-0.2, -0.15) is 0 Å². The van der Waals surface area contributed by atoms with E-state index in [1.54, 1.807) is 6.07 Å². The Kier molecular flexibility index (Phi) is 4.61. The lowest BCUT2D eigenvalue weighted by atomic mass is 10.1. The van der Waals surface area contributed by atoms with Crippen molar-refractivity contribution in [3.63, 3.8) is 0 Å². The summed E-state index contributed by atoms with van der Waals surface area (Å²) < 4.78 is 13.1. The molecule has 0 aliphatic rings. The first kappa shape index (κ1) is 14.6. The molecule has 1 aromatic heterocycles. The Labute approximate surface area is 120 Å². The van der Waals surface area contributed by atoms with Gasteiger partial charge in [0.1, 0.15) is 11.9 Å². The highest BCUT2D eigenvalue weighted by atomic mass is 19.1. The van der Waals surface area contributed by atoms with E-state index in [1.165, 1.54) is 42.7 Å². The first-order valence-electron chi connectivity index (χ1n) is 6.24. The smallest absolute Gasteiger partial charge is 0.326 e. The second-order valence-electron chi connectivity index (χ2n) is 4.43. The van der Waals surface area contributed by atoms with Gasteiger partial charge in [0, 0.05) is 24.4 Å². The highest BCUT2D eigenvalue weighted by Crippen LogP contribution is 2.08. The molecule has 2 aromatic rings. The van der Waals surface area contributed by atoms with E-state index in [0.29, 0.717) is 11.1 Å². The van der Waals surface area contributed by atoms with Gasteiger partial charge in [0.2, 0.25) is 0 Å². The molecule has 1 atom stereocenters. The Bertz CT molecular complexity index is 646. The number of aromatic nitrogens is 1. The molecule has 0 aliphatic carbocycles. The second kappa shape index (κ2) is 6.60. The van der Waals surface area contributed by atoms with Crippen LogP contribution in [-0.2, 0) is 11.2 Å². The average Bonchev–Trinajstić information content (AvgIpc) is 2.47. The van der Waals surface area contributed by atoms with Gasteiger partial charge in [-0.15, -0.1) is 0 Å². The van der Waals surface area contributed by atoms with Crippen LogP contribution in [0.25, 0.3) is 0 Å². The molecule has 1 heterocycles. The molecule has 21 heavy (non-hydrogen) atoms. The molecule has 5 nitrogen and oxygen atoms in total. The number of carbonyl (C=O) groups is 2. The molecule has 2 N–H and O–H groups in total. The Morgan fingerprint density at radius 1 is 1.24 bits per heavy atom. The van der Waals surface area contributed by atoms with Crippen LogP contribution in [0.4, 0.5) is 4.39 Å². The summed E-state index contributed by atoms with van der Waals surface area (Å²) in [7, 11) is 0. The van der Waals surface area contributed by atoms with Gasteiger partial charge in [-0.25, -0.2) is 9.18 Å². The van der Waals surface area contributed by atoms with Crippen molar-refractivity contribution < 1.29 is 19.1 Å². The number of pyridine rings is 1. The van der Waals surface area contributed by atoms with E-state index in [4.69, 9.17) is 0 Å². The van der Waals surface area contributed by atoms with E-state index in [-0.39, 0.29) is 6.42 Å². The molecule has 0 unspecified atom stereocenters. The molecule has 0 spiro atoms. The summed E-state index contributed by atoms with van der Waals surface area (Å²) in [6.45, 7) is 0. The van der Waals surface area contributed by atoms with Crippen molar-refractivity contribution in [1.29, 1.82) is 0 Å². The number of rotatable bonds is 5. The zero-order chi connectivity index (χ0) is 15.2. The maximum absolute atomic E-state index is 13.1. The van der Waals surface area contributed by atoms with E-state index in [9.17, 15) is 19.1 Å². The van der Waals surface area contributed by atoms with Gasteiger partial charge in [-0.05, 0) is 29.8 Å². The highest BCUT2D eigenvalue weighted by molar-refractivity contribution is 5.96. The monoisotopic (exact) mass is 288 g/mol. The van der Waals surface area contributed by atoms with Gasteiger partial charge >= 0.3 is 5.97 Å². The second-order valence-corrected chi connectivity index (χ2v) is 4.43. The van der Waals surface area contributed by atoms with Crippen LogP contribution in [0.5, 0.6) is 0 Å². The maximum Gasteiger partial charge on any atom is 0.326 e. The normalized spacial score (nSPS) is 11.7. The molecule has 0 bridgehead atoms. The van der Waals surface area contributed by atoms with Crippen molar-refractivity contribution >= 4 is 11.9 Å². The number of nitrogens with zero attached hydrogens (tertiary/aromatic N) is 1. The number of aliphatic carboxylic acids is 1. The van der Waals surface area contributed by atoms with Crippen LogP contribution in [0.3, 0.4) is 0 Å². The summed E-state index contributed by atoms with van der Waals surface area (Å²) in [6, 6.07) is 7.45. The van der Waals surface area contributed by atoms with Gasteiger partial charge < -0.3 is 10.4 Å². The summed E-state index contributed by atoms with van der Waals surface area (Å²) >= 11 is 0. The van der Waals surface area contributed by atoms with E-state index in [0.717, 1.165) is 0 Å². The van der Waals surface area contributed by atoms with Crippen LogP contribution in [0.15, 0.2) is 48.8 Å². The fourth-order valence-corrected chi connectivity index (χ4v) is 1.84. The molecule has 0 saturated carbocycles. The molecule has 1 amide bonds. The summed E-state index contributed by atoms with van der Waals surface area (Å²) in [5.74, 6) is -2.14. The predicted molar refractivity (Wildman–Crippen MR) is 73.2 cm³/mol. The van der Waals surface area contributed by atoms with Gasteiger partial charge in [-0.3, -0.25) is 9.78 Å². The molecule has 2 rings (SSSR count). The molecule has 6 heteroatoms. The quantitative estimate of drug-likeness (QED) is 0.876. The molecule has 0 saturated heterocycles. The average molecular weight is 288 g/mol. The van der Waals surface area contributed by atoms with Crippen molar-refractivity contribution in [3.05, 3.63) is 65.7 Å². The number of nitrogens with one attached hydrogen (secondary N) is 1. The lowest BCUT2D eigenvalue weighted by molar-refractivity contribution is -0.139. The standard InChI is InChI=1S/C15H13FN2O3/c16-12-3-1-2-10(8-12)9-13(15(20)21)18-14(19)11-4-6-17-7-5-11/h1-8,13H,9H2,(H,18,19)(H,20,21)/t13-/m1/s1. The Morgan fingerprint density at radius 3 is 2.57 bits per heavy atom. The largest absolute Gasteiger partial charge is 0.480 e. The lowest BCUT2D eigenvalue weighted by Crippen LogP contribution is -2.42. The predicted octanol–water partition coefficient (Wildman–Crippen LogP) is 1.65. The minimum atomic E-state index is -1.18. The number of carboxylic acids is 1. The van der Waals surface area contributed by atoms with Crippen molar-refractivity contribution in [2.24, 2.45) is 0 Å². The minimum Gasteiger partial charge on any atom is -0.480 e. The number of hydrogen-bond acceptors (Lipinski definition) is 3. The van der Waals surface area contributed by atoms with Crippen LogP contribution in [0.1, 0.15) is 15.9 Å². The van der Waals surface area contributed by atoms with Crippen molar-refractivity contribution in [1.82, 2.24) is 10.3 Å². The number of hydrogen-bond donors (Lipinski definition) is 2. The number of halogens is 1. The van der Waals surface area contributed by atoms with E-state index in [2.05, 4.69) is 10.3 Å². The molecule has 0 fully saturated rings. The van der Waals surface area contributed by atoms with Crippen molar-refractivity contribution in [2.45, 2.75) is 12.5 Å². The number of amides is 1. The van der Waals surface area contributed by atoms with Crippen LogP contribution in [-0.4, -0.2) is 28.0 Å². The molecule has 1 aromatic carbocycles. The third-order valence-electron chi connectivity index (χ3n) is 2.87. The SMILES string of the molecule is O=C(N[C@H](Cc1cccc(F)c1)C(=O)O)c1ccncc1. The van der Waals surface area contributed by atoms with Crippen molar-refractivity contribution in [3.8, 4) is 0 Å². The van der Waals surface area contributed by atoms with E-state index in [1.807, 2.05) is 0 Å². The van der Waals surface area contributed by atoms with E-state index >= 15 is 0 Å². The zero-order valence-electron chi connectivity index (χ0n) is 11.0. The summed E-state index contributed by atoms with van der Waals surface area (Å²) in [5.41, 5.74) is 0.813. The zero-order valence-corrected chi connectivity index (χ0v) is 11.0. The molecule has 0 radical (unpaired) electrons. The topological polar surface area (TPSA) is 79.3 Å². The van der Waals surface area contributed by atoms with Crippen LogP contribution < -0.4 is 5.32 Å². The van der Waals surface area contributed by atoms with Gasteiger partial charge in [-0.1, -0.05) is 12.1 Å². The maximum atomic E-state index is 13.1. The molecular formula is C15H13FN2O3. The first-order valence-corrected chi connectivity index (χ1v) is 6.24. The summed E-state index contributed by atoms with van der Waals surface area (Å²) in [6.07, 6.45) is 2.89. The Morgan fingerprint density at radius 2 is 1.95 bits per heavy atom. The third-order valence-corrected chi connectivity index (χ3v) is 2.87. The number of carboxylic acid groups (broad SMARTS) is 1. The lowest BCUT2D eigenvalue weighted by Gasteiger charge is -2.14. The number of benzene rings is 1. The van der Waals surface area contributed by atoms with Gasteiger partial charge in [0.05, 0.1) is 0 Å². The van der Waals surface area contributed by atoms with Crippen molar-refractivity contribution in [2.75, 3.05) is 0 Å². The first-order chi connectivity index (χ1) is 10.1. The molecule has 0 aliphatic heterocycles. The van der Waals surface area contributed by atoms with Gasteiger partial charge in [0.25, 0.3) is 5.91 Å². The summed E-state index contributed by atoms with van der Waals surface area (Å²) in [5, 5.41) is 11.6. The van der Waals surface area contributed by atoms with Crippen LogP contribution >= 0.6 is 0 Å². The number of carbonyl (C=O) groups excluding carboxylic acids is 1. The minimum absolute atomic E-state index is 0.00389. The molecule has 108 valence electrons. The molecular weight excluding hydrogens is 275 g/mol. The van der Waals surface area contributed by atoms with Crippen LogP contribution in [0.2, 0.25) is 0 Å². The third kappa shape index (κ3) is 4.10. The Balaban J connectivity index is 2.09.